The SMILES string of the molecule is CC(C)(C)OC(=O)COCCOCCOSOI. The highest BCUT2D eigenvalue weighted by atomic mass is 127. The lowest BCUT2D eigenvalue weighted by Gasteiger charge is -2.19. The second-order valence-electron chi connectivity index (χ2n) is 4.20. The van der Waals surface area contributed by atoms with Crippen molar-refractivity contribution in [3.63, 3.8) is 0 Å². The third kappa shape index (κ3) is 14.5. The molecule has 8 heteroatoms. The molecule has 0 fully saturated rings. The monoisotopic (exact) mass is 394 g/mol. The fourth-order valence-electron chi connectivity index (χ4n) is 0.892. The molecule has 0 spiro atoms. The van der Waals surface area contributed by atoms with Crippen molar-refractivity contribution in [1.29, 1.82) is 0 Å². The molecule has 0 saturated heterocycles. The number of esters is 1. The first kappa shape index (κ1) is 18.4. The van der Waals surface area contributed by atoms with Gasteiger partial charge in [0.2, 0.25) is 0 Å². The molecule has 108 valence electrons. The molecule has 0 radical (unpaired) electrons. The molecule has 0 unspecified atom stereocenters. The van der Waals surface area contributed by atoms with Gasteiger partial charge in [0.1, 0.15) is 35.2 Å². The summed E-state index contributed by atoms with van der Waals surface area (Å²) in [6.45, 7) is 7.00. The van der Waals surface area contributed by atoms with E-state index in [1.807, 2.05) is 20.8 Å². The molecule has 0 heterocycles. The summed E-state index contributed by atoms with van der Waals surface area (Å²) in [6.07, 6.45) is 0. The number of hydrogen-bond donors (Lipinski definition) is 0. The number of halogens is 1. The van der Waals surface area contributed by atoms with E-state index in [2.05, 4.69) is 2.51 Å². The molecule has 0 N–H and O–H groups in total. The summed E-state index contributed by atoms with van der Waals surface area (Å²) in [4.78, 5) is 11.2. The Kier molecular flexibility index (Phi) is 11.5. The zero-order valence-corrected chi connectivity index (χ0v) is 13.7. The Hall–Kier alpha value is 0.390. The topological polar surface area (TPSA) is 63.2 Å². The molecule has 0 atom stereocenters. The van der Waals surface area contributed by atoms with Crippen LogP contribution in [0.3, 0.4) is 0 Å². The number of hydrogen-bond acceptors (Lipinski definition) is 7. The average Bonchev–Trinajstić information content (AvgIpc) is 2.24. The molecule has 0 aromatic carbocycles. The van der Waals surface area contributed by atoms with Crippen LogP contribution in [0.5, 0.6) is 0 Å². The van der Waals surface area contributed by atoms with Crippen LogP contribution in [0, 0.1) is 0 Å². The van der Waals surface area contributed by atoms with Gasteiger partial charge in [-0.3, -0.25) is 4.18 Å². The summed E-state index contributed by atoms with van der Waals surface area (Å²) in [5, 5.41) is 0. The Morgan fingerprint density at radius 1 is 1.11 bits per heavy atom. The summed E-state index contributed by atoms with van der Waals surface area (Å²) in [5.74, 6) is -0.374. The van der Waals surface area contributed by atoms with Gasteiger partial charge in [0, 0.05) is 0 Å². The van der Waals surface area contributed by atoms with Crippen molar-refractivity contribution in [2.45, 2.75) is 26.4 Å². The van der Waals surface area contributed by atoms with Crippen LogP contribution in [-0.2, 0) is 25.7 Å². The Labute approximate surface area is 126 Å². The van der Waals surface area contributed by atoms with Crippen LogP contribution in [0.2, 0.25) is 0 Å². The van der Waals surface area contributed by atoms with Crippen LogP contribution in [0.25, 0.3) is 0 Å². The van der Waals surface area contributed by atoms with Gasteiger partial charge in [-0.15, -0.1) is 0 Å². The van der Waals surface area contributed by atoms with Crippen LogP contribution >= 0.6 is 35.3 Å². The van der Waals surface area contributed by atoms with Crippen LogP contribution in [0.1, 0.15) is 20.8 Å². The van der Waals surface area contributed by atoms with Crippen molar-refractivity contribution in [1.82, 2.24) is 0 Å². The van der Waals surface area contributed by atoms with E-state index in [9.17, 15) is 4.79 Å². The minimum atomic E-state index is -0.479. The average molecular weight is 394 g/mol. The normalized spacial score (nSPS) is 11.6. The Bertz CT molecular complexity index is 221. The van der Waals surface area contributed by atoms with E-state index in [1.54, 1.807) is 23.0 Å². The Balaban J connectivity index is 3.23. The Morgan fingerprint density at radius 3 is 2.33 bits per heavy atom. The zero-order valence-electron chi connectivity index (χ0n) is 10.8. The number of rotatable bonds is 10. The molecule has 0 rings (SSSR count). The van der Waals surface area contributed by atoms with E-state index in [4.69, 9.17) is 18.4 Å². The fraction of sp³-hybridized carbons (Fsp3) is 0.900. The van der Waals surface area contributed by atoms with Crippen LogP contribution in [0.15, 0.2) is 0 Å². The largest absolute Gasteiger partial charge is 0.458 e. The van der Waals surface area contributed by atoms with E-state index in [-0.39, 0.29) is 12.6 Å². The number of carbonyl (C=O) groups excluding carboxylic acids is 1. The second kappa shape index (κ2) is 11.2. The third-order valence-electron chi connectivity index (χ3n) is 1.40. The minimum Gasteiger partial charge on any atom is -0.458 e. The van der Waals surface area contributed by atoms with E-state index in [0.29, 0.717) is 26.4 Å². The first-order valence-corrected chi connectivity index (χ1v) is 6.94. The molecule has 0 aliphatic rings. The Morgan fingerprint density at radius 2 is 1.72 bits per heavy atom. The van der Waals surface area contributed by atoms with Gasteiger partial charge in [-0.2, -0.15) is 0 Å². The van der Waals surface area contributed by atoms with Gasteiger partial charge in [0.05, 0.1) is 26.4 Å². The van der Waals surface area contributed by atoms with Gasteiger partial charge >= 0.3 is 5.97 Å². The highest BCUT2D eigenvalue weighted by molar-refractivity contribution is 14.1. The summed E-state index contributed by atoms with van der Waals surface area (Å²) >= 11 is 2.62. The quantitative estimate of drug-likeness (QED) is 0.244. The predicted octanol–water partition coefficient (Wildman–Crippen LogP) is 2.31. The van der Waals surface area contributed by atoms with Crippen LogP contribution in [-0.4, -0.2) is 44.6 Å². The predicted molar refractivity (Wildman–Crippen MR) is 76.1 cm³/mol. The lowest BCUT2D eigenvalue weighted by atomic mass is 10.2. The van der Waals surface area contributed by atoms with Gasteiger partial charge in [0.15, 0.2) is 12.3 Å². The number of ether oxygens (including phenoxy) is 3. The maximum Gasteiger partial charge on any atom is 0.332 e. The fourth-order valence-corrected chi connectivity index (χ4v) is 1.38. The highest BCUT2D eigenvalue weighted by Crippen LogP contribution is 2.08. The van der Waals surface area contributed by atoms with Gasteiger partial charge in [-0.05, 0) is 20.8 Å². The van der Waals surface area contributed by atoms with Crippen molar-refractivity contribution in [2.75, 3.05) is 33.0 Å². The maximum atomic E-state index is 11.2. The molecule has 6 nitrogen and oxygen atoms in total. The molecule has 0 bridgehead atoms. The van der Waals surface area contributed by atoms with Crippen molar-refractivity contribution in [2.24, 2.45) is 0 Å². The third-order valence-corrected chi connectivity index (χ3v) is 2.15. The van der Waals surface area contributed by atoms with Crippen LogP contribution < -0.4 is 0 Å². The van der Waals surface area contributed by atoms with Crippen LogP contribution in [0.4, 0.5) is 0 Å². The second-order valence-corrected chi connectivity index (χ2v) is 5.78. The van der Waals surface area contributed by atoms with E-state index < -0.39 is 5.60 Å². The summed E-state index contributed by atoms with van der Waals surface area (Å²) in [6, 6.07) is 0. The van der Waals surface area contributed by atoms with Crippen molar-refractivity contribution < 1.29 is 25.7 Å². The van der Waals surface area contributed by atoms with Gasteiger partial charge in [-0.1, -0.05) is 0 Å². The van der Waals surface area contributed by atoms with Gasteiger partial charge in [-0.25, -0.2) is 7.31 Å². The molecule has 0 aliphatic carbocycles. The first-order chi connectivity index (χ1) is 8.45. The minimum absolute atomic E-state index is 0.0599. The zero-order chi connectivity index (χ0) is 13.9. The van der Waals surface area contributed by atoms with Crippen molar-refractivity contribution in [3.05, 3.63) is 0 Å². The molecule has 0 aliphatic heterocycles. The summed E-state index contributed by atoms with van der Waals surface area (Å²) < 4.78 is 24.9. The molecular weight excluding hydrogens is 375 g/mol. The molecule has 18 heavy (non-hydrogen) atoms. The molecule has 0 aromatic heterocycles. The van der Waals surface area contributed by atoms with Crippen molar-refractivity contribution in [3.8, 4) is 0 Å². The highest BCUT2D eigenvalue weighted by Gasteiger charge is 2.15. The summed E-state index contributed by atoms with van der Waals surface area (Å²) in [7, 11) is 0. The van der Waals surface area contributed by atoms with Crippen molar-refractivity contribution >= 4 is 41.3 Å². The number of carbonyl (C=O) groups is 1. The molecule has 0 aromatic rings. The smallest absolute Gasteiger partial charge is 0.332 e. The lowest BCUT2D eigenvalue weighted by Crippen LogP contribution is -2.27. The molecule has 0 amide bonds. The molecular formula is C10H19IO6S. The maximum absolute atomic E-state index is 11.2. The van der Waals surface area contributed by atoms with E-state index in [0.717, 1.165) is 12.3 Å². The first-order valence-electron chi connectivity index (χ1n) is 5.40. The summed E-state index contributed by atoms with van der Waals surface area (Å²) in [5.41, 5.74) is -0.479. The van der Waals surface area contributed by atoms with Gasteiger partial charge < -0.3 is 14.2 Å². The van der Waals surface area contributed by atoms with E-state index in [1.165, 1.54) is 0 Å². The molecule has 0 saturated carbocycles. The van der Waals surface area contributed by atoms with Gasteiger partial charge in [0.25, 0.3) is 0 Å². The van der Waals surface area contributed by atoms with E-state index >= 15 is 0 Å². The standard InChI is InChI=1S/C10H19IO6S/c1-10(2,3)16-9(12)8-14-5-4-13-6-7-15-18-17-11/h4-8H2,1-3H3. The lowest BCUT2D eigenvalue weighted by molar-refractivity contribution is -0.160.